The molecule has 86 valence electrons. The lowest BCUT2D eigenvalue weighted by Crippen LogP contribution is -2.52. The van der Waals surface area contributed by atoms with E-state index in [0.717, 1.165) is 4.90 Å². The molecule has 0 aliphatic carbocycles. The van der Waals surface area contributed by atoms with Crippen molar-refractivity contribution in [1.82, 2.24) is 10.2 Å². The van der Waals surface area contributed by atoms with E-state index in [1.807, 2.05) is 0 Å². The second-order valence-corrected chi connectivity index (χ2v) is 3.63. The van der Waals surface area contributed by atoms with Crippen molar-refractivity contribution >= 4 is 11.8 Å². The molecule has 1 aliphatic heterocycles. The number of aliphatic hydroxyl groups excluding tert-OH is 2. The molecule has 3 N–H and O–H groups in total. The Kier molecular flexibility index (Phi) is 4.19. The highest BCUT2D eigenvalue weighted by Gasteiger charge is 2.31. The van der Waals surface area contributed by atoms with E-state index >= 15 is 0 Å². The monoisotopic (exact) mass is 216 g/mol. The van der Waals surface area contributed by atoms with Crippen LogP contribution in [0.1, 0.15) is 12.8 Å². The quantitative estimate of drug-likeness (QED) is 0.476. The Labute approximate surface area is 87.9 Å². The van der Waals surface area contributed by atoms with E-state index < -0.39 is 12.1 Å². The largest absolute Gasteiger partial charge is 0.394 e. The summed E-state index contributed by atoms with van der Waals surface area (Å²) >= 11 is 0. The Hall–Kier alpha value is -0.980. The van der Waals surface area contributed by atoms with Crippen LogP contribution in [-0.2, 0) is 9.59 Å². The number of aliphatic hydroxyl groups is 2. The summed E-state index contributed by atoms with van der Waals surface area (Å²) in [7, 11) is 1.45. The number of likely N-dealkylation sites (tertiary alicyclic amines) is 1. The van der Waals surface area contributed by atoms with Crippen molar-refractivity contribution in [2.45, 2.75) is 25.0 Å². The van der Waals surface area contributed by atoms with Gasteiger partial charge in [0.1, 0.15) is 0 Å². The molecular weight excluding hydrogens is 200 g/mol. The average Bonchev–Trinajstić information content (AvgIpc) is 2.24. The van der Waals surface area contributed by atoms with Crippen LogP contribution in [0.25, 0.3) is 0 Å². The maximum atomic E-state index is 11.5. The molecule has 0 aromatic carbocycles. The molecule has 0 aromatic heterocycles. The summed E-state index contributed by atoms with van der Waals surface area (Å²) in [4.78, 5) is 23.8. The molecule has 0 radical (unpaired) electrons. The van der Waals surface area contributed by atoms with E-state index in [1.54, 1.807) is 0 Å². The lowest BCUT2D eigenvalue weighted by Gasteiger charge is -2.28. The van der Waals surface area contributed by atoms with Crippen LogP contribution in [0.2, 0.25) is 0 Å². The van der Waals surface area contributed by atoms with Crippen LogP contribution in [0.4, 0.5) is 0 Å². The van der Waals surface area contributed by atoms with Gasteiger partial charge in [0, 0.05) is 20.0 Å². The first-order chi connectivity index (χ1) is 7.06. The van der Waals surface area contributed by atoms with Gasteiger partial charge in [0.2, 0.25) is 11.8 Å². The Balaban J connectivity index is 2.43. The van der Waals surface area contributed by atoms with E-state index in [0.29, 0.717) is 12.8 Å². The van der Waals surface area contributed by atoms with Gasteiger partial charge in [-0.3, -0.25) is 14.5 Å². The summed E-state index contributed by atoms with van der Waals surface area (Å²) in [5.74, 6) is -0.461. The van der Waals surface area contributed by atoms with Crippen LogP contribution in [0.5, 0.6) is 0 Å². The van der Waals surface area contributed by atoms with Gasteiger partial charge < -0.3 is 15.5 Å². The highest BCUT2D eigenvalue weighted by Crippen LogP contribution is 2.11. The number of nitrogens with zero attached hydrogens (tertiary/aromatic N) is 1. The van der Waals surface area contributed by atoms with Gasteiger partial charge in [-0.1, -0.05) is 0 Å². The van der Waals surface area contributed by atoms with Crippen LogP contribution in [0, 0.1) is 0 Å². The molecular formula is C9H16N2O4. The average molecular weight is 216 g/mol. The lowest BCUT2D eigenvalue weighted by molar-refractivity contribution is -0.148. The first kappa shape index (κ1) is 12.1. The standard InChI is InChI=1S/C9H16N2O4/c1-11-8(14)3-2-7(9(11)15)10-4-6(13)5-12/h6-7,10,12-13H,2-5H2,1H3. The SMILES string of the molecule is CN1C(=O)CCC(NCC(O)CO)C1=O. The van der Waals surface area contributed by atoms with E-state index in [-0.39, 0.29) is 25.0 Å². The van der Waals surface area contributed by atoms with Crippen LogP contribution < -0.4 is 5.32 Å². The third-order valence-electron chi connectivity index (χ3n) is 2.46. The number of nitrogens with one attached hydrogen (secondary N) is 1. The number of amides is 2. The van der Waals surface area contributed by atoms with Crippen molar-refractivity contribution in [2.24, 2.45) is 0 Å². The zero-order valence-electron chi connectivity index (χ0n) is 8.64. The lowest BCUT2D eigenvalue weighted by atomic mass is 10.0. The van der Waals surface area contributed by atoms with Gasteiger partial charge in [-0.2, -0.15) is 0 Å². The van der Waals surface area contributed by atoms with E-state index in [2.05, 4.69) is 5.32 Å². The number of imide groups is 1. The second kappa shape index (κ2) is 5.20. The van der Waals surface area contributed by atoms with Crippen LogP contribution >= 0.6 is 0 Å². The number of carbonyl (C=O) groups excluding carboxylic acids is 2. The minimum atomic E-state index is -0.874. The Morgan fingerprint density at radius 3 is 2.87 bits per heavy atom. The van der Waals surface area contributed by atoms with Crippen molar-refractivity contribution in [3.63, 3.8) is 0 Å². The molecule has 1 heterocycles. The van der Waals surface area contributed by atoms with Crippen LogP contribution in [-0.4, -0.2) is 59.3 Å². The normalized spacial score (nSPS) is 24.5. The Morgan fingerprint density at radius 1 is 1.60 bits per heavy atom. The zero-order chi connectivity index (χ0) is 11.4. The van der Waals surface area contributed by atoms with Crippen molar-refractivity contribution in [1.29, 1.82) is 0 Å². The second-order valence-electron chi connectivity index (χ2n) is 3.63. The fourth-order valence-electron chi connectivity index (χ4n) is 1.45. The molecule has 2 amide bonds. The molecule has 1 rings (SSSR count). The van der Waals surface area contributed by atoms with Gasteiger partial charge in [0.05, 0.1) is 18.8 Å². The van der Waals surface area contributed by atoms with Crippen molar-refractivity contribution in [3.8, 4) is 0 Å². The molecule has 2 atom stereocenters. The van der Waals surface area contributed by atoms with E-state index in [1.165, 1.54) is 7.05 Å². The van der Waals surface area contributed by atoms with Crippen molar-refractivity contribution in [2.75, 3.05) is 20.2 Å². The summed E-state index contributed by atoms with van der Waals surface area (Å²) in [5.41, 5.74) is 0. The summed E-state index contributed by atoms with van der Waals surface area (Å²) in [6.45, 7) is -0.197. The fraction of sp³-hybridized carbons (Fsp3) is 0.778. The Morgan fingerprint density at radius 2 is 2.27 bits per heavy atom. The fourth-order valence-corrected chi connectivity index (χ4v) is 1.45. The van der Waals surface area contributed by atoms with Crippen molar-refractivity contribution < 1.29 is 19.8 Å². The zero-order valence-corrected chi connectivity index (χ0v) is 8.64. The minimum absolute atomic E-state index is 0.148. The molecule has 6 nitrogen and oxygen atoms in total. The van der Waals surface area contributed by atoms with E-state index in [4.69, 9.17) is 10.2 Å². The number of hydrogen-bond acceptors (Lipinski definition) is 5. The first-order valence-electron chi connectivity index (χ1n) is 4.89. The van der Waals surface area contributed by atoms with Gasteiger partial charge in [0.25, 0.3) is 0 Å². The highest BCUT2D eigenvalue weighted by atomic mass is 16.3. The Bertz CT molecular complexity index is 256. The number of hydrogen-bond donors (Lipinski definition) is 3. The molecule has 0 spiro atoms. The third kappa shape index (κ3) is 2.98. The molecule has 0 aromatic rings. The number of piperidine rings is 1. The van der Waals surface area contributed by atoms with Crippen LogP contribution in [0.15, 0.2) is 0 Å². The predicted molar refractivity (Wildman–Crippen MR) is 51.9 cm³/mol. The molecule has 15 heavy (non-hydrogen) atoms. The molecule has 2 unspecified atom stereocenters. The molecule has 6 heteroatoms. The molecule has 0 bridgehead atoms. The van der Waals surface area contributed by atoms with Gasteiger partial charge in [-0.15, -0.1) is 0 Å². The van der Waals surface area contributed by atoms with E-state index in [9.17, 15) is 9.59 Å². The molecule has 1 fully saturated rings. The number of rotatable bonds is 4. The number of likely N-dealkylation sites (N-methyl/N-ethyl adjacent to an activating group) is 1. The maximum absolute atomic E-state index is 11.5. The topological polar surface area (TPSA) is 89.9 Å². The summed E-state index contributed by atoms with van der Waals surface area (Å²) in [6, 6.07) is -0.436. The smallest absolute Gasteiger partial charge is 0.246 e. The van der Waals surface area contributed by atoms with Gasteiger partial charge in [-0.25, -0.2) is 0 Å². The molecule has 0 saturated carbocycles. The van der Waals surface area contributed by atoms with Gasteiger partial charge in [-0.05, 0) is 6.42 Å². The number of carbonyl (C=O) groups is 2. The van der Waals surface area contributed by atoms with Gasteiger partial charge in [0.15, 0.2) is 0 Å². The summed E-state index contributed by atoms with van der Waals surface area (Å²) in [6.07, 6.45) is -0.101. The predicted octanol–water partition coefficient (Wildman–Crippen LogP) is -1.92. The third-order valence-corrected chi connectivity index (χ3v) is 2.46. The molecule has 1 saturated heterocycles. The maximum Gasteiger partial charge on any atom is 0.246 e. The highest BCUT2D eigenvalue weighted by molar-refractivity contribution is 6.00. The minimum Gasteiger partial charge on any atom is -0.394 e. The summed E-state index contributed by atoms with van der Waals surface area (Å²) < 4.78 is 0. The first-order valence-corrected chi connectivity index (χ1v) is 4.89. The van der Waals surface area contributed by atoms with Gasteiger partial charge >= 0.3 is 0 Å². The molecule has 1 aliphatic rings. The summed E-state index contributed by atoms with van der Waals surface area (Å²) in [5, 5.41) is 20.5. The van der Waals surface area contributed by atoms with Crippen LogP contribution in [0.3, 0.4) is 0 Å². The van der Waals surface area contributed by atoms with Crippen molar-refractivity contribution in [3.05, 3.63) is 0 Å².